The quantitative estimate of drug-likeness (QED) is 0.244. The molecule has 18 heteroatoms. The molecular weight excluding hydrogens is 715 g/mol. The van der Waals surface area contributed by atoms with Gasteiger partial charge in [0.25, 0.3) is 11.8 Å². The van der Waals surface area contributed by atoms with Crippen LogP contribution < -0.4 is 16.4 Å². The molecule has 2 saturated carbocycles. The van der Waals surface area contributed by atoms with Crippen molar-refractivity contribution in [1.29, 1.82) is 0 Å². The normalized spacial score (nSPS) is 21.6. The van der Waals surface area contributed by atoms with E-state index >= 15 is 0 Å². The Bertz CT molecular complexity index is 1900. The largest absolute Gasteiger partial charge is 0.363 e. The topological polar surface area (TPSA) is 238 Å². The van der Waals surface area contributed by atoms with Crippen LogP contribution in [0.1, 0.15) is 99.1 Å². The number of aromatic nitrogens is 3. The third kappa shape index (κ3) is 9.42. The molecule has 4 N–H and O–H groups in total. The zero-order valence-corrected chi connectivity index (χ0v) is 31.1. The van der Waals surface area contributed by atoms with Crippen molar-refractivity contribution in [1.82, 2.24) is 30.5 Å². The van der Waals surface area contributed by atoms with Crippen LogP contribution in [-0.4, -0.2) is 103 Å². The molecule has 1 aliphatic heterocycles. The molecule has 16 nitrogen and oxygen atoms in total. The second kappa shape index (κ2) is 15.8. The highest BCUT2D eigenvalue weighted by Crippen LogP contribution is 2.34. The Balaban J connectivity index is 1.47. The average Bonchev–Trinajstić information content (AvgIpc) is 3.75. The second-order valence-electron chi connectivity index (χ2n) is 14.5. The fourth-order valence-electron chi connectivity index (χ4n) is 7.72. The SMILES string of the molecule is CS(=O)(=O)Cc1cn([C@H]2C[C@@H](C(=O)NC3(C(=O)C(N)=O)CCCCC3)N(C(=O)C(CC3CCCCC3)NC(=O)c3ccc(S(C)(=O)=O)cc3)C2)nn1. The van der Waals surface area contributed by atoms with Crippen molar-refractivity contribution in [3.05, 3.63) is 41.7 Å². The number of hydrogen-bond acceptors (Lipinski definition) is 11. The minimum absolute atomic E-state index is 0.0249. The minimum Gasteiger partial charge on any atom is -0.363 e. The predicted molar refractivity (Wildman–Crippen MR) is 188 cm³/mol. The Morgan fingerprint density at radius 2 is 1.58 bits per heavy atom. The lowest BCUT2D eigenvalue weighted by molar-refractivity contribution is -0.145. The molecule has 4 amide bonds. The Kier molecular flexibility index (Phi) is 11.9. The summed E-state index contributed by atoms with van der Waals surface area (Å²) in [6, 6.07) is 2.54. The maximum Gasteiger partial charge on any atom is 0.287 e. The van der Waals surface area contributed by atoms with Gasteiger partial charge in [0.1, 0.15) is 17.6 Å². The molecule has 5 rings (SSSR count). The molecule has 2 heterocycles. The molecule has 0 bridgehead atoms. The lowest BCUT2D eigenvalue weighted by atomic mass is 9.78. The first kappa shape index (κ1) is 39.0. The van der Waals surface area contributed by atoms with Gasteiger partial charge in [-0.1, -0.05) is 56.6 Å². The number of sulfone groups is 2. The van der Waals surface area contributed by atoms with Gasteiger partial charge in [0, 0.05) is 37.2 Å². The van der Waals surface area contributed by atoms with Gasteiger partial charge in [0.05, 0.1) is 22.4 Å². The first-order valence-electron chi connectivity index (χ1n) is 17.6. The van der Waals surface area contributed by atoms with Gasteiger partial charge in [-0.25, -0.2) is 21.5 Å². The van der Waals surface area contributed by atoms with E-state index in [1.807, 2.05) is 0 Å². The van der Waals surface area contributed by atoms with Gasteiger partial charge < -0.3 is 21.3 Å². The summed E-state index contributed by atoms with van der Waals surface area (Å²) in [6.45, 7) is -0.0462. The number of amides is 4. The van der Waals surface area contributed by atoms with Crippen LogP contribution in [0.15, 0.2) is 35.4 Å². The molecule has 284 valence electrons. The molecule has 3 fully saturated rings. The number of rotatable bonds is 13. The Morgan fingerprint density at radius 3 is 2.17 bits per heavy atom. The summed E-state index contributed by atoms with van der Waals surface area (Å²) in [5.41, 5.74) is 4.23. The highest BCUT2D eigenvalue weighted by Gasteiger charge is 2.48. The fraction of sp³-hybridized carbons (Fsp3) is 0.618. The zero-order valence-electron chi connectivity index (χ0n) is 29.5. The molecule has 2 aliphatic carbocycles. The first-order valence-corrected chi connectivity index (χ1v) is 21.6. The standard InChI is InChI=1S/C34H47N7O9S2/c1-51(47,48)21-24-19-41(39-38-24)25-18-28(32(45)37-34(29(42)30(35)43)15-7-4-8-16-34)40(20-25)33(46)27(17-22-9-5-3-6-10-22)36-31(44)23-11-13-26(14-12-23)52(2,49)50/h11-14,19,22,25,27-28H,3-10,15-18,20-21H2,1-2H3,(H2,35,43)(H,36,44)(H,37,45)/t25-,27?,28-/m0/s1. The smallest absolute Gasteiger partial charge is 0.287 e. The lowest BCUT2D eigenvalue weighted by Gasteiger charge is -2.38. The van der Waals surface area contributed by atoms with Crippen LogP contribution in [0.25, 0.3) is 0 Å². The van der Waals surface area contributed by atoms with Crippen molar-refractivity contribution in [3.63, 3.8) is 0 Å². The summed E-state index contributed by atoms with van der Waals surface area (Å²) < 4.78 is 49.2. The number of nitrogens with one attached hydrogen (secondary N) is 2. The molecule has 2 aromatic rings. The third-order valence-corrected chi connectivity index (χ3v) is 12.3. The number of nitrogens with zero attached hydrogens (tertiary/aromatic N) is 4. The van der Waals surface area contributed by atoms with E-state index in [0.717, 1.165) is 51.0 Å². The van der Waals surface area contributed by atoms with E-state index in [9.17, 15) is 40.8 Å². The number of primary amides is 1. The molecule has 1 unspecified atom stereocenters. The van der Waals surface area contributed by atoms with Crippen LogP contribution in [0.4, 0.5) is 0 Å². The number of ketones is 1. The van der Waals surface area contributed by atoms with Crippen LogP contribution in [0.5, 0.6) is 0 Å². The number of benzene rings is 1. The summed E-state index contributed by atoms with van der Waals surface area (Å²) >= 11 is 0. The van der Waals surface area contributed by atoms with Crippen molar-refractivity contribution in [2.75, 3.05) is 19.1 Å². The van der Waals surface area contributed by atoms with Crippen molar-refractivity contribution in [2.45, 2.75) is 111 Å². The highest BCUT2D eigenvalue weighted by atomic mass is 32.2. The first-order chi connectivity index (χ1) is 24.5. The van der Waals surface area contributed by atoms with Gasteiger partial charge in [0.15, 0.2) is 19.7 Å². The Labute approximate surface area is 303 Å². The van der Waals surface area contributed by atoms with Gasteiger partial charge in [-0.05, 0) is 49.4 Å². The summed E-state index contributed by atoms with van der Waals surface area (Å²) in [5.74, 6) is -4.10. The average molecular weight is 762 g/mol. The zero-order chi connectivity index (χ0) is 37.8. The Hall–Kier alpha value is -4.19. The summed E-state index contributed by atoms with van der Waals surface area (Å²) in [4.78, 5) is 69.1. The summed E-state index contributed by atoms with van der Waals surface area (Å²) in [5, 5.41) is 13.7. The van der Waals surface area contributed by atoms with Gasteiger partial charge in [-0.3, -0.25) is 24.0 Å². The van der Waals surface area contributed by atoms with Crippen LogP contribution in [0.3, 0.4) is 0 Å². The molecule has 3 atom stereocenters. The predicted octanol–water partition coefficient (Wildman–Crippen LogP) is 1.01. The maximum atomic E-state index is 14.7. The van der Waals surface area contributed by atoms with Crippen LogP contribution in [0.2, 0.25) is 0 Å². The van der Waals surface area contributed by atoms with E-state index in [0.29, 0.717) is 19.3 Å². The lowest BCUT2D eigenvalue weighted by Crippen LogP contribution is -2.62. The molecular formula is C34H47N7O9S2. The van der Waals surface area contributed by atoms with Crippen molar-refractivity contribution in [3.8, 4) is 0 Å². The maximum absolute atomic E-state index is 14.7. The highest BCUT2D eigenvalue weighted by molar-refractivity contribution is 7.90. The number of Topliss-reactive ketones (excluding diaryl/α,β-unsaturated/α-hetero) is 1. The molecule has 3 aliphatic rings. The number of hydrogen-bond donors (Lipinski definition) is 3. The van der Waals surface area contributed by atoms with E-state index in [1.54, 1.807) is 0 Å². The molecule has 1 aromatic carbocycles. The van der Waals surface area contributed by atoms with E-state index in [-0.39, 0.29) is 53.6 Å². The number of carbonyl (C=O) groups excluding carboxylic acids is 5. The van der Waals surface area contributed by atoms with Gasteiger partial charge in [0.2, 0.25) is 17.6 Å². The number of nitrogens with two attached hydrogens (primary N) is 1. The van der Waals surface area contributed by atoms with E-state index < -0.39 is 72.8 Å². The number of likely N-dealkylation sites (tertiary alicyclic amines) is 1. The van der Waals surface area contributed by atoms with E-state index in [4.69, 9.17) is 5.73 Å². The van der Waals surface area contributed by atoms with Gasteiger partial charge >= 0.3 is 0 Å². The molecule has 1 aromatic heterocycles. The van der Waals surface area contributed by atoms with Gasteiger partial charge in [-0.15, -0.1) is 5.10 Å². The van der Waals surface area contributed by atoms with Crippen LogP contribution in [-0.2, 0) is 44.6 Å². The Morgan fingerprint density at radius 1 is 0.942 bits per heavy atom. The monoisotopic (exact) mass is 761 g/mol. The third-order valence-electron chi connectivity index (χ3n) is 10.4. The minimum atomic E-state index is -3.51. The molecule has 0 radical (unpaired) electrons. The molecule has 1 saturated heterocycles. The summed E-state index contributed by atoms with van der Waals surface area (Å²) in [7, 11) is -6.93. The van der Waals surface area contributed by atoms with E-state index in [1.165, 1.54) is 40.0 Å². The van der Waals surface area contributed by atoms with Crippen molar-refractivity contribution >= 4 is 49.1 Å². The summed E-state index contributed by atoms with van der Waals surface area (Å²) in [6.07, 6.45) is 11.0. The van der Waals surface area contributed by atoms with Crippen LogP contribution in [0, 0.1) is 5.92 Å². The van der Waals surface area contributed by atoms with Crippen molar-refractivity contribution in [2.24, 2.45) is 11.7 Å². The van der Waals surface area contributed by atoms with Crippen LogP contribution >= 0.6 is 0 Å². The van der Waals surface area contributed by atoms with Crippen molar-refractivity contribution < 1.29 is 40.8 Å². The molecule has 0 spiro atoms. The fourth-order valence-corrected chi connectivity index (χ4v) is 9.02. The molecule has 52 heavy (non-hydrogen) atoms. The second-order valence-corrected chi connectivity index (χ2v) is 18.7. The van der Waals surface area contributed by atoms with Gasteiger partial charge in [-0.2, -0.15) is 0 Å². The number of carbonyl (C=O) groups is 5. The van der Waals surface area contributed by atoms with E-state index in [2.05, 4.69) is 20.9 Å².